The fraction of sp³-hybridized carbons (Fsp3) is 1.00. The third-order valence-electron chi connectivity index (χ3n) is 2.42. The Morgan fingerprint density at radius 2 is 1.67 bits per heavy atom. The second-order valence-electron chi connectivity index (χ2n) is 4.99. The zero-order valence-corrected chi connectivity index (χ0v) is 10.8. The quantitative estimate of drug-likeness (QED) is 0.649. The summed E-state index contributed by atoms with van der Waals surface area (Å²) in [4.78, 5) is 0. The van der Waals surface area contributed by atoms with Crippen molar-refractivity contribution in [3.8, 4) is 0 Å². The summed E-state index contributed by atoms with van der Waals surface area (Å²) in [5, 5.41) is 12.8. The number of hydrogen-bond donors (Lipinski definition) is 2. The zero-order chi connectivity index (χ0) is 11.8. The van der Waals surface area contributed by atoms with Crippen LogP contribution in [0.4, 0.5) is 0 Å². The molecule has 15 heavy (non-hydrogen) atoms. The molecule has 0 aromatic heterocycles. The van der Waals surface area contributed by atoms with Crippen LogP contribution in [0.25, 0.3) is 0 Å². The van der Waals surface area contributed by atoms with E-state index < -0.39 is 6.10 Å². The summed E-state index contributed by atoms with van der Waals surface area (Å²) >= 11 is 0. The van der Waals surface area contributed by atoms with Crippen LogP contribution in [-0.4, -0.2) is 37.0 Å². The Kier molecular flexibility index (Phi) is 8.02. The van der Waals surface area contributed by atoms with Gasteiger partial charge in [0.05, 0.1) is 18.8 Å². The molecule has 0 aliphatic rings. The molecule has 0 amide bonds. The maximum Gasteiger partial charge on any atom is 0.0897 e. The van der Waals surface area contributed by atoms with Gasteiger partial charge >= 0.3 is 0 Å². The molecular weight excluding hydrogens is 190 g/mol. The third kappa shape index (κ3) is 8.85. The van der Waals surface area contributed by atoms with Gasteiger partial charge in [-0.15, -0.1) is 0 Å². The average molecular weight is 217 g/mol. The average Bonchev–Trinajstić information content (AvgIpc) is 2.13. The lowest BCUT2D eigenvalue weighted by Gasteiger charge is -2.19. The largest absolute Gasteiger partial charge is 0.389 e. The van der Waals surface area contributed by atoms with Gasteiger partial charge in [0.2, 0.25) is 0 Å². The van der Waals surface area contributed by atoms with E-state index in [4.69, 9.17) is 4.74 Å². The van der Waals surface area contributed by atoms with Crippen molar-refractivity contribution in [2.45, 2.75) is 46.8 Å². The van der Waals surface area contributed by atoms with Crippen molar-refractivity contribution in [1.82, 2.24) is 5.32 Å². The van der Waals surface area contributed by atoms with E-state index in [2.05, 4.69) is 33.0 Å². The molecule has 0 rings (SSSR count). The Hall–Kier alpha value is -0.120. The Labute approximate surface area is 94.2 Å². The van der Waals surface area contributed by atoms with Crippen molar-refractivity contribution in [2.24, 2.45) is 11.8 Å². The van der Waals surface area contributed by atoms with Crippen LogP contribution < -0.4 is 5.32 Å². The second-order valence-corrected chi connectivity index (χ2v) is 4.99. The van der Waals surface area contributed by atoms with Crippen LogP contribution in [0, 0.1) is 11.8 Å². The molecular formula is C12H27NO2. The summed E-state index contributed by atoms with van der Waals surface area (Å²) < 4.78 is 5.53. The van der Waals surface area contributed by atoms with Gasteiger partial charge < -0.3 is 15.2 Å². The van der Waals surface area contributed by atoms with E-state index in [-0.39, 0.29) is 6.10 Å². The van der Waals surface area contributed by atoms with Crippen molar-refractivity contribution in [2.75, 3.05) is 19.7 Å². The summed E-state index contributed by atoms with van der Waals surface area (Å²) in [5.74, 6) is 1.12. The van der Waals surface area contributed by atoms with E-state index in [1.54, 1.807) is 0 Å². The first-order valence-corrected chi connectivity index (χ1v) is 5.93. The fourth-order valence-electron chi connectivity index (χ4n) is 1.05. The molecule has 3 heteroatoms. The SMILES string of the molecule is CC(C)CNCC(O)COC(C)C(C)C. The number of aliphatic hydroxyl groups is 1. The highest BCUT2D eigenvalue weighted by atomic mass is 16.5. The molecule has 0 aromatic carbocycles. The van der Waals surface area contributed by atoms with Crippen LogP contribution in [0.15, 0.2) is 0 Å². The molecule has 0 aliphatic carbocycles. The standard InChI is InChI=1S/C12H27NO2/c1-9(2)6-13-7-12(14)8-15-11(5)10(3)4/h9-14H,6-8H2,1-5H3. The maximum atomic E-state index is 9.61. The van der Waals surface area contributed by atoms with Crippen LogP contribution in [0.5, 0.6) is 0 Å². The van der Waals surface area contributed by atoms with E-state index in [0.29, 0.717) is 25.0 Å². The topological polar surface area (TPSA) is 41.5 Å². The molecule has 2 atom stereocenters. The Balaban J connectivity index is 3.44. The fourth-order valence-corrected chi connectivity index (χ4v) is 1.05. The minimum Gasteiger partial charge on any atom is -0.389 e. The highest BCUT2D eigenvalue weighted by Gasteiger charge is 2.10. The van der Waals surface area contributed by atoms with Gasteiger partial charge in [-0.1, -0.05) is 27.7 Å². The minimum absolute atomic E-state index is 0.213. The molecule has 92 valence electrons. The summed E-state index contributed by atoms with van der Waals surface area (Å²) in [7, 11) is 0. The molecule has 2 unspecified atom stereocenters. The van der Waals surface area contributed by atoms with E-state index >= 15 is 0 Å². The molecule has 2 N–H and O–H groups in total. The monoisotopic (exact) mass is 217 g/mol. The molecule has 0 aromatic rings. The molecule has 0 saturated carbocycles. The molecule has 0 fully saturated rings. The Bertz CT molecular complexity index is 149. The first-order valence-electron chi connectivity index (χ1n) is 5.93. The minimum atomic E-state index is -0.398. The van der Waals surface area contributed by atoms with Gasteiger partial charge in [-0.05, 0) is 25.3 Å². The molecule has 0 radical (unpaired) electrons. The van der Waals surface area contributed by atoms with E-state index in [1.165, 1.54) is 0 Å². The highest BCUT2D eigenvalue weighted by Crippen LogP contribution is 2.05. The van der Waals surface area contributed by atoms with Gasteiger partial charge in [0, 0.05) is 6.54 Å². The van der Waals surface area contributed by atoms with Gasteiger partial charge in [-0.25, -0.2) is 0 Å². The van der Waals surface area contributed by atoms with Crippen molar-refractivity contribution < 1.29 is 9.84 Å². The van der Waals surface area contributed by atoms with Gasteiger partial charge in [0.15, 0.2) is 0 Å². The molecule has 0 bridgehead atoms. The van der Waals surface area contributed by atoms with E-state index in [1.807, 2.05) is 6.92 Å². The summed E-state index contributed by atoms with van der Waals surface area (Å²) in [6.45, 7) is 12.6. The number of hydrogen-bond acceptors (Lipinski definition) is 3. The molecule has 0 heterocycles. The molecule has 3 nitrogen and oxygen atoms in total. The lowest BCUT2D eigenvalue weighted by atomic mass is 10.1. The van der Waals surface area contributed by atoms with Crippen molar-refractivity contribution in [3.05, 3.63) is 0 Å². The predicted octanol–water partition coefficient (Wildman–Crippen LogP) is 1.65. The smallest absolute Gasteiger partial charge is 0.0897 e. The lowest BCUT2D eigenvalue weighted by Crippen LogP contribution is -2.34. The van der Waals surface area contributed by atoms with E-state index in [0.717, 1.165) is 6.54 Å². The van der Waals surface area contributed by atoms with Crippen molar-refractivity contribution in [3.63, 3.8) is 0 Å². The van der Waals surface area contributed by atoms with Crippen molar-refractivity contribution in [1.29, 1.82) is 0 Å². The maximum absolute atomic E-state index is 9.61. The van der Waals surface area contributed by atoms with Crippen LogP contribution in [0.1, 0.15) is 34.6 Å². The summed E-state index contributed by atoms with van der Waals surface area (Å²) in [6.07, 6.45) is -0.185. The summed E-state index contributed by atoms with van der Waals surface area (Å²) in [5.41, 5.74) is 0. The van der Waals surface area contributed by atoms with Gasteiger partial charge in [0.1, 0.15) is 0 Å². The number of ether oxygens (including phenoxy) is 1. The lowest BCUT2D eigenvalue weighted by molar-refractivity contribution is -0.0191. The first-order chi connectivity index (χ1) is 6.93. The van der Waals surface area contributed by atoms with Crippen LogP contribution in [-0.2, 0) is 4.74 Å². The molecule has 0 spiro atoms. The molecule has 0 saturated heterocycles. The Morgan fingerprint density at radius 3 is 2.13 bits per heavy atom. The normalized spacial score (nSPS) is 16.0. The van der Waals surface area contributed by atoms with Gasteiger partial charge in [-0.3, -0.25) is 0 Å². The first kappa shape index (κ1) is 14.9. The number of rotatable bonds is 8. The zero-order valence-electron chi connectivity index (χ0n) is 10.8. The van der Waals surface area contributed by atoms with Gasteiger partial charge in [0.25, 0.3) is 0 Å². The summed E-state index contributed by atoms with van der Waals surface area (Å²) in [6, 6.07) is 0. The van der Waals surface area contributed by atoms with Crippen molar-refractivity contribution >= 4 is 0 Å². The molecule has 0 aliphatic heterocycles. The third-order valence-corrected chi connectivity index (χ3v) is 2.42. The Morgan fingerprint density at radius 1 is 1.07 bits per heavy atom. The highest BCUT2D eigenvalue weighted by molar-refractivity contribution is 4.62. The second kappa shape index (κ2) is 8.08. The van der Waals surface area contributed by atoms with E-state index in [9.17, 15) is 5.11 Å². The number of nitrogens with one attached hydrogen (secondary N) is 1. The predicted molar refractivity (Wildman–Crippen MR) is 64.0 cm³/mol. The van der Waals surface area contributed by atoms with Crippen LogP contribution >= 0.6 is 0 Å². The van der Waals surface area contributed by atoms with Crippen LogP contribution in [0.2, 0.25) is 0 Å². The number of aliphatic hydroxyl groups excluding tert-OH is 1. The van der Waals surface area contributed by atoms with Crippen LogP contribution in [0.3, 0.4) is 0 Å². The van der Waals surface area contributed by atoms with Gasteiger partial charge in [-0.2, -0.15) is 0 Å².